The highest BCUT2D eigenvalue weighted by Crippen LogP contribution is 2.24. The van der Waals surface area contributed by atoms with E-state index in [0.29, 0.717) is 5.56 Å². The van der Waals surface area contributed by atoms with E-state index < -0.39 is 11.9 Å². The van der Waals surface area contributed by atoms with Crippen LogP contribution in [0.4, 0.5) is 0 Å². The zero-order valence-electron chi connectivity index (χ0n) is 9.33. The standard InChI is InChI=1S/C14H10O4/c15-13(16)10-6-7-11(12(8-10)14(17)18)9-4-2-1-3-5-9/h1-8H,(H,15,16)(H,17,18). The highest BCUT2D eigenvalue weighted by atomic mass is 16.4. The van der Waals surface area contributed by atoms with E-state index in [-0.39, 0.29) is 11.1 Å². The topological polar surface area (TPSA) is 74.6 Å². The second-order valence-corrected chi connectivity index (χ2v) is 3.74. The summed E-state index contributed by atoms with van der Waals surface area (Å²) in [5, 5.41) is 18.0. The van der Waals surface area contributed by atoms with Crippen LogP contribution >= 0.6 is 0 Å². The Morgan fingerprint density at radius 2 is 1.50 bits per heavy atom. The van der Waals surface area contributed by atoms with Gasteiger partial charge in [0.1, 0.15) is 0 Å². The third kappa shape index (κ3) is 2.22. The molecule has 0 radical (unpaired) electrons. The summed E-state index contributed by atoms with van der Waals surface area (Å²) in [6.45, 7) is 0. The third-order valence-corrected chi connectivity index (χ3v) is 2.58. The zero-order valence-corrected chi connectivity index (χ0v) is 9.33. The predicted octanol–water partition coefficient (Wildman–Crippen LogP) is 2.75. The molecule has 0 amide bonds. The van der Waals surface area contributed by atoms with E-state index >= 15 is 0 Å². The van der Waals surface area contributed by atoms with Crippen LogP contribution in [0.3, 0.4) is 0 Å². The lowest BCUT2D eigenvalue weighted by Crippen LogP contribution is -2.04. The van der Waals surface area contributed by atoms with Crippen molar-refractivity contribution in [2.45, 2.75) is 0 Å². The summed E-state index contributed by atoms with van der Waals surface area (Å²) in [5.41, 5.74) is 1.20. The van der Waals surface area contributed by atoms with Gasteiger partial charge < -0.3 is 10.2 Å². The molecular formula is C14H10O4. The van der Waals surface area contributed by atoms with E-state index in [9.17, 15) is 9.59 Å². The van der Waals surface area contributed by atoms with Gasteiger partial charge in [-0.05, 0) is 23.3 Å². The number of carboxylic acids is 2. The molecule has 2 aromatic carbocycles. The first-order valence-electron chi connectivity index (χ1n) is 5.25. The summed E-state index contributed by atoms with van der Waals surface area (Å²) in [6.07, 6.45) is 0. The molecule has 0 saturated heterocycles. The monoisotopic (exact) mass is 242 g/mol. The summed E-state index contributed by atoms with van der Waals surface area (Å²) in [7, 11) is 0. The van der Waals surface area contributed by atoms with Crippen molar-refractivity contribution in [3.8, 4) is 11.1 Å². The van der Waals surface area contributed by atoms with Gasteiger partial charge in [-0.1, -0.05) is 36.4 Å². The second-order valence-electron chi connectivity index (χ2n) is 3.74. The first-order chi connectivity index (χ1) is 8.59. The molecule has 4 nitrogen and oxygen atoms in total. The lowest BCUT2D eigenvalue weighted by molar-refractivity contribution is 0.0696. The number of carboxylic acid groups (broad SMARTS) is 2. The minimum Gasteiger partial charge on any atom is -0.478 e. The van der Waals surface area contributed by atoms with Crippen LogP contribution in [0.15, 0.2) is 48.5 Å². The van der Waals surface area contributed by atoms with Crippen LogP contribution in [-0.2, 0) is 0 Å². The van der Waals surface area contributed by atoms with Gasteiger partial charge in [0.25, 0.3) is 0 Å². The lowest BCUT2D eigenvalue weighted by Gasteiger charge is -2.07. The van der Waals surface area contributed by atoms with Gasteiger partial charge in [-0.15, -0.1) is 0 Å². The Hall–Kier alpha value is -2.62. The normalized spacial score (nSPS) is 10.0. The van der Waals surface area contributed by atoms with Crippen LogP contribution in [0, 0.1) is 0 Å². The van der Waals surface area contributed by atoms with Gasteiger partial charge >= 0.3 is 11.9 Å². The van der Waals surface area contributed by atoms with Gasteiger partial charge in [0, 0.05) is 0 Å². The zero-order chi connectivity index (χ0) is 13.1. The van der Waals surface area contributed by atoms with Gasteiger partial charge in [0.15, 0.2) is 0 Å². The molecule has 0 aliphatic carbocycles. The minimum absolute atomic E-state index is 0.0129. The van der Waals surface area contributed by atoms with Crippen LogP contribution < -0.4 is 0 Å². The van der Waals surface area contributed by atoms with Gasteiger partial charge in [-0.3, -0.25) is 0 Å². The molecule has 90 valence electrons. The maximum absolute atomic E-state index is 11.2. The minimum atomic E-state index is -1.14. The van der Waals surface area contributed by atoms with Crippen LogP contribution in [0.2, 0.25) is 0 Å². The quantitative estimate of drug-likeness (QED) is 0.867. The fraction of sp³-hybridized carbons (Fsp3) is 0. The number of benzene rings is 2. The molecular weight excluding hydrogens is 232 g/mol. The van der Waals surface area contributed by atoms with Crippen molar-refractivity contribution < 1.29 is 19.8 Å². The average Bonchev–Trinajstić information content (AvgIpc) is 2.39. The van der Waals surface area contributed by atoms with Crippen LogP contribution in [-0.4, -0.2) is 22.2 Å². The molecule has 2 rings (SSSR count). The van der Waals surface area contributed by atoms with E-state index in [4.69, 9.17) is 10.2 Å². The van der Waals surface area contributed by atoms with Crippen molar-refractivity contribution in [2.75, 3.05) is 0 Å². The Labute approximate surface area is 103 Å². The summed E-state index contributed by atoms with van der Waals surface area (Å²) < 4.78 is 0. The summed E-state index contributed by atoms with van der Waals surface area (Å²) >= 11 is 0. The summed E-state index contributed by atoms with van der Waals surface area (Å²) in [5.74, 6) is -2.28. The summed E-state index contributed by atoms with van der Waals surface area (Å²) in [4.78, 5) is 22.0. The molecule has 0 fully saturated rings. The molecule has 0 bridgehead atoms. The van der Waals surface area contributed by atoms with Crippen molar-refractivity contribution in [1.29, 1.82) is 0 Å². The molecule has 0 atom stereocenters. The van der Waals surface area contributed by atoms with Crippen LogP contribution in [0.25, 0.3) is 11.1 Å². The summed E-state index contributed by atoms with van der Waals surface area (Å²) in [6, 6.07) is 13.1. The van der Waals surface area contributed by atoms with E-state index in [1.807, 2.05) is 6.07 Å². The molecule has 4 heteroatoms. The largest absolute Gasteiger partial charge is 0.478 e. The number of hydrogen-bond donors (Lipinski definition) is 2. The highest BCUT2D eigenvalue weighted by Gasteiger charge is 2.14. The van der Waals surface area contributed by atoms with Crippen molar-refractivity contribution in [2.24, 2.45) is 0 Å². The molecule has 0 saturated carbocycles. The third-order valence-electron chi connectivity index (χ3n) is 2.58. The smallest absolute Gasteiger partial charge is 0.336 e. The Balaban J connectivity index is 2.61. The molecule has 0 aliphatic rings. The van der Waals surface area contributed by atoms with E-state index in [1.54, 1.807) is 24.3 Å². The molecule has 2 aromatic rings. The van der Waals surface area contributed by atoms with Gasteiger partial charge in [0.05, 0.1) is 11.1 Å². The van der Waals surface area contributed by atoms with Crippen LogP contribution in [0.5, 0.6) is 0 Å². The lowest BCUT2D eigenvalue weighted by atomic mass is 9.97. The predicted molar refractivity (Wildman–Crippen MR) is 65.8 cm³/mol. The molecule has 18 heavy (non-hydrogen) atoms. The molecule has 0 aliphatic heterocycles. The Morgan fingerprint density at radius 1 is 0.833 bits per heavy atom. The van der Waals surface area contributed by atoms with Gasteiger partial charge in [-0.25, -0.2) is 9.59 Å². The maximum atomic E-state index is 11.2. The Kier molecular flexibility index (Phi) is 3.10. The second kappa shape index (κ2) is 4.71. The number of hydrogen-bond acceptors (Lipinski definition) is 2. The SMILES string of the molecule is O=C(O)c1ccc(-c2ccccc2)c(C(=O)O)c1. The van der Waals surface area contributed by atoms with Gasteiger partial charge in [-0.2, -0.15) is 0 Å². The highest BCUT2D eigenvalue weighted by molar-refractivity contribution is 5.99. The maximum Gasteiger partial charge on any atom is 0.336 e. The van der Waals surface area contributed by atoms with Crippen molar-refractivity contribution in [3.63, 3.8) is 0 Å². The fourth-order valence-corrected chi connectivity index (χ4v) is 1.72. The van der Waals surface area contributed by atoms with Gasteiger partial charge in [0.2, 0.25) is 0 Å². The van der Waals surface area contributed by atoms with E-state index in [0.717, 1.165) is 5.56 Å². The number of carbonyl (C=O) groups is 2. The van der Waals surface area contributed by atoms with E-state index in [2.05, 4.69) is 0 Å². The first kappa shape index (κ1) is 11.9. The Morgan fingerprint density at radius 3 is 2.06 bits per heavy atom. The van der Waals surface area contributed by atoms with Crippen molar-refractivity contribution in [3.05, 3.63) is 59.7 Å². The average molecular weight is 242 g/mol. The number of aromatic carboxylic acids is 2. The molecule has 2 N–H and O–H groups in total. The molecule has 0 heterocycles. The van der Waals surface area contributed by atoms with Crippen molar-refractivity contribution in [1.82, 2.24) is 0 Å². The molecule has 0 unspecified atom stereocenters. The number of rotatable bonds is 3. The van der Waals surface area contributed by atoms with Crippen molar-refractivity contribution >= 4 is 11.9 Å². The molecule has 0 aromatic heterocycles. The van der Waals surface area contributed by atoms with Crippen LogP contribution in [0.1, 0.15) is 20.7 Å². The molecule has 0 spiro atoms. The Bertz CT molecular complexity index is 602. The van der Waals surface area contributed by atoms with E-state index in [1.165, 1.54) is 18.2 Å². The fourth-order valence-electron chi connectivity index (χ4n) is 1.72. The first-order valence-corrected chi connectivity index (χ1v) is 5.25.